The first-order chi connectivity index (χ1) is 13.7. The van der Waals surface area contributed by atoms with Gasteiger partial charge in [0.25, 0.3) is 0 Å². The Morgan fingerprint density at radius 2 is 1.96 bits per heavy atom. The Hall–Kier alpha value is -3.34. The van der Waals surface area contributed by atoms with Crippen molar-refractivity contribution in [2.24, 2.45) is 0 Å². The van der Waals surface area contributed by atoms with Gasteiger partial charge in [0.15, 0.2) is 0 Å². The van der Waals surface area contributed by atoms with Crippen LogP contribution in [0.3, 0.4) is 0 Å². The highest BCUT2D eigenvalue weighted by Gasteiger charge is 2.32. The Labute approximate surface area is 163 Å². The van der Waals surface area contributed by atoms with Crippen LogP contribution in [-0.2, 0) is 4.79 Å². The number of imidazole rings is 1. The molecule has 1 atom stereocenters. The smallest absolute Gasteiger partial charge is 0.224 e. The van der Waals surface area contributed by atoms with Crippen molar-refractivity contribution in [1.82, 2.24) is 14.5 Å². The number of hydrogen-bond acceptors (Lipinski definition) is 3. The van der Waals surface area contributed by atoms with E-state index in [0.29, 0.717) is 6.42 Å². The third kappa shape index (κ3) is 2.71. The van der Waals surface area contributed by atoms with Crippen LogP contribution < -0.4 is 0 Å². The summed E-state index contributed by atoms with van der Waals surface area (Å²) >= 11 is 0. The van der Waals surface area contributed by atoms with Gasteiger partial charge in [-0.25, -0.2) is 4.98 Å². The largest absolute Gasteiger partial charge is 0.464 e. The van der Waals surface area contributed by atoms with Crippen LogP contribution in [0.4, 0.5) is 0 Å². The summed E-state index contributed by atoms with van der Waals surface area (Å²) in [6.07, 6.45) is 4.10. The van der Waals surface area contributed by atoms with E-state index >= 15 is 0 Å². The molecule has 28 heavy (non-hydrogen) atoms. The molecule has 140 valence electrons. The Balaban J connectivity index is 1.68. The molecule has 0 N–H and O–H groups in total. The monoisotopic (exact) mass is 371 g/mol. The van der Waals surface area contributed by atoms with Crippen molar-refractivity contribution in [2.75, 3.05) is 13.1 Å². The Morgan fingerprint density at radius 1 is 1.11 bits per heavy atom. The van der Waals surface area contributed by atoms with Crippen molar-refractivity contribution in [3.8, 4) is 22.5 Å². The Bertz CT molecular complexity index is 1140. The second kappa shape index (κ2) is 6.68. The molecule has 0 bridgehead atoms. The zero-order valence-electron chi connectivity index (χ0n) is 15.7. The average Bonchev–Trinajstić information content (AvgIpc) is 3.45. The number of likely N-dealkylation sites (tertiary alicyclic amines) is 1. The topological polar surface area (TPSA) is 51.3 Å². The van der Waals surface area contributed by atoms with Gasteiger partial charge in [-0.15, -0.1) is 0 Å². The van der Waals surface area contributed by atoms with Crippen molar-refractivity contribution in [3.63, 3.8) is 0 Å². The molecule has 4 aromatic rings. The van der Waals surface area contributed by atoms with Crippen LogP contribution in [0.15, 0.2) is 71.6 Å². The standard InChI is InChI=1S/C23H21N3O2/c1-2-25-14-19(13-21(25)27)26-15-24-22(16-6-4-3-5-7-16)23(26)18-8-9-20-17(12-18)10-11-28-20/h3-12,15,19H,2,13-14H2,1H3/t19-/m1/s1. The van der Waals surface area contributed by atoms with Gasteiger partial charge in [0.05, 0.1) is 30.0 Å². The van der Waals surface area contributed by atoms with Crippen molar-refractivity contribution in [3.05, 3.63) is 67.2 Å². The fraction of sp³-hybridized carbons (Fsp3) is 0.217. The third-order valence-electron chi connectivity index (χ3n) is 5.54. The van der Waals surface area contributed by atoms with Gasteiger partial charge in [-0.1, -0.05) is 30.3 Å². The number of carbonyl (C=O) groups excluding carboxylic acids is 1. The van der Waals surface area contributed by atoms with Crippen LogP contribution in [0.1, 0.15) is 19.4 Å². The molecule has 0 aliphatic carbocycles. The molecule has 5 heteroatoms. The van der Waals surface area contributed by atoms with Gasteiger partial charge >= 0.3 is 0 Å². The quantitative estimate of drug-likeness (QED) is 0.520. The molecule has 5 rings (SSSR count). The number of furan rings is 1. The van der Waals surface area contributed by atoms with Crippen LogP contribution >= 0.6 is 0 Å². The summed E-state index contributed by atoms with van der Waals surface area (Å²) in [6.45, 7) is 3.49. The second-order valence-electron chi connectivity index (χ2n) is 7.18. The van der Waals surface area contributed by atoms with Gasteiger partial charge < -0.3 is 13.9 Å². The van der Waals surface area contributed by atoms with E-state index in [1.165, 1.54) is 0 Å². The van der Waals surface area contributed by atoms with Crippen molar-refractivity contribution in [1.29, 1.82) is 0 Å². The number of fused-ring (bicyclic) bond motifs is 1. The number of amides is 1. The van der Waals surface area contributed by atoms with Crippen LogP contribution in [-0.4, -0.2) is 33.4 Å². The molecule has 0 unspecified atom stereocenters. The number of likely N-dealkylation sites (N-methyl/N-ethyl adjacent to an activating group) is 1. The number of aromatic nitrogens is 2. The molecule has 3 heterocycles. The number of nitrogens with zero attached hydrogens (tertiary/aromatic N) is 3. The normalized spacial score (nSPS) is 17.0. The van der Waals surface area contributed by atoms with E-state index in [-0.39, 0.29) is 11.9 Å². The van der Waals surface area contributed by atoms with E-state index in [9.17, 15) is 4.79 Å². The molecule has 1 amide bonds. The molecule has 2 aromatic carbocycles. The summed E-state index contributed by atoms with van der Waals surface area (Å²) in [5, 5.41) is 1.06. The van der Waals surface area contributed by atoms with E-state index in [1.807, 2.05) is 48.5 Å². The molecule has 1 aliphatic rings. The summed E-state index contributed by atoms with van der Waals surface area (Å²) in [6, 6.07) is 18.5. The van der Waals surface area contributed by atoms with E-state index < -0.39 is 0 Å². The fourth-order valence-electron chi connectivity index (χ4n) is 4.09. The summed E-state index contributed by atoms with van der Waals surface area (Å²) in [4.78, 5) is 19.0. The lowest BCUT2D eigenvalue weighted by atomic mass is 10.0. The Morgan fingerprint density at radius 3 is 2.75 bits per heavy atom. The van der Waals surface area contributed by atoms with Gasteiger partial charge in [-0.2, -0.15) is 0 Å². The van der Waals surface area contributed by atoms with Gasteiger partial charge in [0, 0.05) is 36.0 Å². The van der Waals surface area contributed by atoms with Crippen molar-refractivity contribution >= 4 is 16.9 Å². The predicted octanol–water partition coefficient (Wildman–Crippen LogP) is 4.76. The highest BCUT2D eigenvalue weighted by molar-refractivity contribution is 5.87. The lowest BCUT2D eigenvalue weighted by molar-refractivity contribution is -0.127. The van der Waals surface area contributed by atoms with Crippen molar-refractivity contribution < 1.29 is 9.21 Å². The maximum Gasteiger partial charge on any atom is 0.224 e. The lowest BCUT2D eigenvalue weighted by Crippen LogP contribution is -2.24. The Kier molecular flexibility index (Phi) is 4.01. The molecule has 5 nitrogen and oxygen atoms in total. The highest BCUT2D eigenvalue weighted by atomic mass is 16.3. The molecular weight excluding hydrogens is 350 g/mol. The lowest BCUT2D eigenvalue weighted by Gasteiger charge is -2.18. The molecule has 0 radical (unpaired) electrons. The number of hydrogen-bond donors (Lipinski definition) is 0. The minimum Gasteiger partial charge on any atom is -0.464 e. The second-order valence-corrected chi connectivity index (χ2v) is 7.18. The summed E-state index contributed by atoms with van der Waals surface area (Å²) in [5.74, 6) is 0.207. The third-order valence-corrected chi connectivity index (χ3v) is 5.54. The van der Waals surface area contributed by atoms with Gasteiger partial charge in [0.1, 0.15) is 5.58 Å². The fourth-order valence-corrected chi connectivity index (χ4v) is 4.09. The van der Waals surface area contributed by atoms with Gasteiger partial charge in [-0.3, -0.25) is 4.79 Å². The van der Waals surface area contributed by atoms with E-state index in [1.54, 1.807) is 6.26 Å². The van der Waals surface area contributed by atoms with Crippen LogP contribution in [0, 0.1) is 0 Å². The molecule has 0 saturated carbocycles. The zero-order valence-corrected chi connectivity index (χ0v) is 15.7. The summed E-state index contributed by atoms with van der Waals surface area (Å²) < 4.78 is 7.68. The van der Waals surface area contributed by atoms with Crippen LogP contribution in [0.5, 0.6) is 0 Å². The minimum atomic E-state index is 0.0902. The van der Waals surface area contributed by atoms with Gasteiger partial charge in [-0.05, 0) is 31.2 Å². The molecule has 2 aromatic heterocycles. The molecular formula is C23H21N3O2. The summed E-state index contributed by atoms with van der Waals surface area (Å²) in [7, 11) is 0. The molecule has 0 spiro atoms. The highest BCUT2D eigenvalue weighted by Crippen LogP contribution is 2.37. The van der Waals surface area contributed by atoms with E-state index in [0.717, 1.165) is 46.6 Å². The molecule has 1 fully saturated rings. The van der Waals surface area contributed by atoms with Gasteiger partial charge in [0.2, 0.25) is 5.91 Å². The number of benzene rings is 2. The minimum absolute atomic E-state index is 0.0902. The summed E-state index contributed by atoms with van der Waals surface area (Å²) in [5.41, 5.74) is 4.99. The molecule has 1 aliphatic heterocycles. The maximum absolute atomic E-state index is 12.3. The zero-order chi connectivity index (χ0) is 19.1. The first-order valence-electron chi connectivity index (χ1n) is 9.62. The average molecular weight is 371 g/mol. The molecule has 1 saturated heterocycles. The first kappa shape index (κ1) is 16.8. The first-order valence-corrected chi connectivity index (χ1v) is 9.62. The SMILES string of the molecule is CCN1C[C@H](n2cnc(-c3ccccc3)c2-c2ccc3occc3c2)CC1=O. The number of rotatable bonds is 4. The van der Waals surface area contributed by atoms with E-state index in [4.69, 9.17) is 9.40 Å². The van der Waals surface area contributed by atoms with Crippen LogP contribution in [0.2, 0.25) is 0 Å². The maximum atomic E-state index is 12.3. The van der Waals surface area contributed by atoms with E-state index in [2.05, 4.69) is 28.8 Å². The number of carbonyl (C=O) groups is 1. The van der Waals surface area contributed by atoms with Crippen LogP contribution in [0.25, 0.3) is 33.5 Å². The van der Waals surface area contributed by atoms with Crippen molar-refractivity contribution in [2.45, 2.75) is 19.4 Å². The predicted molar refractivity (Wildman–Crippen MR) is 109 cm³/mol.